The van der Waals surface area contributed by atoms with Crippen molar-refractivity contribution in [3.63, 3.8) is 0 Å². The van der Waals surface area contributed by atoms with Crippen molar-refractivity contribution in [1.82, 2.24) is 0 Å². The second-order valence-electron chi connectivity index (χ2n) is 8.11. The number of benzene rings is 5. The zero-order valence-corrected chi connectivity index (χ0v) is 20.2. The summed E-state index contributed by atoms with van der Waals surface area (Å²) in [6, 6.07) is 44.4. The summed E-state index contributed by atoms with van der Waals surface area (Å²) < 4.78 is 29.6. The Hall–Kier alpha value is -3.99. The summed E-state index contributed by atoms with van der Waals surface area (Å²) in [5.41, 5.74) is 8.51. The van der Waals surface area contributed by atoms with E-state index in [0.717, 1.165) is 5.56 Å². The lowest BCUT2D eigenvalue weighted by Crippen LogP contribution is -1.96. The molecule has 0 aliphatic carbocycles. The third-order valence-electron chi connectivity index (χ3n) is 5.62. The second-order valence-corrected chi connectivity index (χ2v) is 9.54. The summed E-state index contributed by atoms with van der Waals surface area (Å²) in [5.74, 6) is 0. The van der Waals surface area contributed by atoms with Gasteiger partial charge in [0.05, 0.1) is 4.90 Å². The molecule has 0 aromatic heterocycles. The summed E-state index contributed by atoms with van der Waals surface area (Å²) in [6.45, 7) is 1.84. The summed E-state index contributed by atoms with van der Waals surface area (Å²) in [7, 11) is -4.02. The molecule has 0 atom stereocenters. The fraction of sp³-hybridized carbons (Fsp3) is 0.0323. The van der Waals surface area contributed by atoms with Crippen molar-refractivity contribution >= 4 is 10.1 Å². The lowest BCUT2D eigenvalue weighted by Gasteiger charge is -2.16. The zero-order chi connectivity index (χ0) is 24.7. The minimum atomic E-state index is -4.02. The number of hydrogen-bond acceptors (Lipinski definition) is 2. The maximum atomic E-state index is 10.5. The van der Waals surface area contributed by atoms with Gasteiger partial charge < -0.3 is 0 Å². The molecule has 0 radical (unpaired) electrons. The predicted molar refractivity (Wildman–Crippen MR) is 144 cm³/mol. The Balaban J connectivity index is 0.000000221. The van der Waals surface area contributed by atoms with E-state index in [-0.39, 0.29) is 4.90 Å². The molecule has 0 spiro atoms. The normalized spacial score (nSPS) is 10.8. The fourth-order valence-corrected chi connectivity index (χ4v) is 4.37. The molecule has 0 unspecified atom stereocenters. The predicted octanol–water partition coefficient (Wildman–Crippen LogP) is 7.93. The van der Waals surface area contributed by atoms with E-state index in [1.807, 2.05) is 6.92 Å². The van der Waals surface area contributed by atoms with Crippen molar-refractivity contribution < 1.29 is 13.0 Å². The van der Waals surface area contributed by atoms with Gasteiger partial charge in [0, 0.05) is 0 Å². The molecule has 0 saturated carbocycles. The van der Waals surface area contributed by atoms with Crippen LogP contribution in [0.5, 0.6) is 0 Å². The van der Waals surface area contributed by atoms with Crippen LogP contribution in [0.4, 0.5) is 0 Å². The van der Waals surface area contributed by atoms with Crippen molar-refractivity contribution in [2.45, 2.75) is 11.8 Å². The van der Waals surface area contributed by atoms with Gasteiger partial charge in [-0.15, -0.1) is 0 Å². The van der Waals surface area contributed by atoms with E-state index in [1.165, 1.54) is 45.5 Å². The van der Waals surface area contributed by atoms with Crippen LogP contribution in [0.15, 0.2) is 138 Å². The van der Waals surface area contributed by atoms with Gasteiger partial charge in [0.1, 0.15) is 0 Å². The molecule has 0 bridgehead atoms. The Morgan fingerprint density at radius 1 is 0.486 bits per heavy atom. The van der Waals surface area contributed by atoms with Crippen LogP contribution in [0.1, 0.15) is 5.56 Å². The van der Waals surface area contributed by atoms with E-state index < -0.39 is 10.1 Å². The number of hydrogen-bond donors (Lipinski definition) is 1. The molecule has 3 nitrogen and oxygen atoms in total. The first-order valence-electron chi connectivity index (χ1n) is 11.3. The first-order valence-corrected chi connectivity index (χ1v) is 12.7. The lowest BCUT2D eigenvalue weighted by atomic mass is 9.88. The smallest absolute Gasteiger partial charge is 0.282 e. The molecule has 0 fully saturated rings. The van der Waals surface area contributed by atoms with Crippen LogP contribution in [0.25, 0.3) is 33.4 Å². The van der Waals surface area contributed by atoms with Gasteiger partial charge in [-0.3, -0.25) is 4.55 Å². The van der Waals surface area contributed by atoms with E-state index in [2.05, 4.69) is 109 Å². The zero-order valence-electron chi connectivity index (χ0n) is 19.4. The topological polar surface area (TPSA) is 54.4 Å². The maximum Gasteiger partial charge on any atom is 0.294 e. The van der Waals surface area contributed by atoms with Gasteiger partial charge in [0.2, 0.25) is 0 Å². The van der Waals surface area contributed by atoms with Gasteiger partial charge in [0.15, 0.2) is 0 Å². The van der Waals surface area contributed by atoms with Gasteiger partial charge >= 0.3 is 0 Å². The van der Waals surface area contributed by atoms with Crippen molar-refractivity contribution in [3.05, 3.63) is 139 Å². The lowest BCUT2D eigenvalue weighted by molar-refractivity contribution is 0.483. The molecular formula is C31H26O3S. The van der Waals surface area contributed by atoms with Gasteiger partial charge in [-0.2, -0.15) is 8.42 Å². The average molecular weight is 479 g/mol. The molecular weight excluding hydrogens is 452 g/mol. The highest BCUT2D eigenvalue weighted by Gasteiger charge is 2.13. The Morgan fingerprint density at radius 3 is 1.29 bits per heavy atom. The van der Waals surface area contributed by atoms with Crippen LogP contribution >= 0.6 is 0 Å². The van der Waals surface area contributed by atoms with Gasteiger partial charge in [-0.1, -0.05) is 127 Å². The van der Waals surface area contributed by atoms with Crippen molar-refractivity contribution in [1.29, 1.82) is 0 Å². The van der Waals surface area contributed by atoms with E-state index in [9.17, 15) is 8.42 Å². The molecule has 5 aromatic rings. The van der Waals surface area contributed by atoms with Gasteiger partial charge in [0.25, 0.3) is 10.1 Å². The standard InChI is InChI=1S/C24H18.C7H8O3S/c1-4-11-19(12-5-1)22-17-10-18-23(20-13-6-2-7-14-20)24(22)21-15-8-3-9-16-21;1-6-2-4-7(5-3-6)11(8,9)10/h1-18H;2-5H,1H3,(H,8,9,10). The molecule has 0 aliphatic rings. The molecule has 0 heterocycles. The molecule has 0 amide bonds. The molecule has 5 rings (SSSR count). The van der Waals surface area contributed by atoms with Crippen LogP contribution in [0.3, 0.4) is 0 Å². The van der Waals surface area contributed by atoms with Crippen LogP contribution < -0.4 is 0 Å². The first kappa shape index (κ1) is 24.1. The monoisotopic (exact) mass is 478 g/mol. The molecule has 0 saturated heterocycles. The van der Waals surface area contributed by atoms with Crippen molar-refractivity contribution in [3.8, 4) is 33.4 Å². The highest BCUT2D eigenvalue weighted by atomic mass is 32.2. The Kier molecular flexibility index (Phi) is 7.56. The van der Waals surface area contributed by atoms with E-state index in [0.29, 0.717) is 0 Å². The Labute approximate surface area is 207 Å². The first-order chi connectivity index (χ1) is 16.9. The molecule has 0 aliphatic heterocycles. The second kappa shape index (κ2) is 11.0. The van der Waals surface area contributed by atoms with Crippen LogP contribution in [-0.4, -0.2) is 13.0 Å². The quantitative estimate of drug-likeness (QED) is 0.267. The Morgan fingerprint density at radius 2 is 0.886 bits per heavy atom. The van der Waals surface area contributed by atoms with Gasteiger partial charge in [-0.05, 0) is 52.4 Å². The summed E-state index contributed by atoms with van der Waals surface area (Å²) in [5, 5.41) is 0. The van der Waals surface area contributed by atoms with Crippen LogP contribution in [-0.2, 0) is 10.1 Å². The van der Waals surface area contributed by atoms with Crippen molar-refractivity contribution in [2.75, 3.05) is 0 Å². The molecule has 5 aromatic carbocycles. The third kappa shape index (κ3) is 6.12. The summed E-state index contributed by atoms with van der Waals surface area (Å²) >= 11 is 0. The minimum Gasteiger partial charge on any atom is -0.282 e. The summed E-state index contributed by atoms with van der Waals surface area (Å²) in [6.07, 6.45) is 0. The largest absolute Gasteiger partial charge is 0.294 e. The highest BCUT2D eigenvalue weighted by Crippen LogP contribution is 2.39. The average Bonchev–Trinajstić information content (AvgIpc) is 2.90. The molecule has 35 heavy (non-hydrogen) atoms. The van der Waals surface area contributed by atoms with E-state index in [1.54, 1.807) is 12.1 Å². The number of aryl methyl sites for hydroxylation is 1. The molecule has 1 N–H and O–H groups in total. The van der Waals surface area contributed by atoms with Crippen LogP contribution in [0, 0.1) is 6.92 Å². The molecule has 174 valence electrons. The van der Waals surface area contributed by atoms with E-state index >= 15 is 0 Å². The third-order valence-corrected chi connectivity index (χ3v) is 6.48. The Bertz CT molecular complexity index is 1420. The summed E-state index contributed by atoms with van der Waals surface area (Å²) in [4.78, 5) is -0.0666. The SMILES string of the molecule is Cc1ccc(S(=O)(=O)O)cc1.c1ccc(-c2cccc(-c3ccccc3)c2-c2ccccc2)cc1. The van der Waals surface area contributed by atoms with E-state index in [4.69, 9.17) is 4.55 Å². The van der Waals surface area contributed by atoms with Crippen LogP contribution in [0.2, 0.25) is 0 Å². The van der Waals surface area contributed by atoms with Gasteiger partial charge in [-0.25, -0.2) is 0 Å². The highest BCUT2D eigenvalue weighted by molar-refractivity contribution is 7.85. The number of rotatable bonds is 4. The van der Waals surface area contributed by atoms with Crippen molar-refractivity contribution in [2.24, 2.45) is 0 Å². The minimum absolute atomic E-state index is 0.0666. The maximum absolute atomic E-state index is 10.5. The molecule has 4 heteroatoms. The fourth-order valence-electron chi connectivity index (χ4n) is 3.89.